The molecule has 7 heteroatoms. The molecule has 132 valence electrons. The Hall–Kier alpha value is -1.83. The fraction of sp³-hybridized carbons (Fsp3) is 0.444. The number of hydrogen-bond donors (Lipinski definition) is 0. The van der Waals surface area contributed by atoms with E-state index in [9.17, 15) is 9.18 Å². The van der Waals surface area contributed by atoms with Gasteiger partial charge in [-0.25, -0.2) is 4.39 Å². The van der Waals surface area contributed by atoms with E-state index in [-0.39, 0.29) is 17.9 Å². The van der Waals surface area contributed by atoms with Crippen LogP contribution in [0, 0.1) is 11.7 Å². The minimum Gasteiger partial charge on any atom is -0.379 e. The van der Waals surface area contributed by atoms with E-state index in [1.54, 1.807) is 11.3 Å². The van der Waals surface area contributed by atoms with Crippen LogP contribution < -0.4 is 0 Å². The summed E-state index contributed by atoms with van der Waals surface area (Å²) in [6, 6.07) is 3.37. The van der Waals surface area contributed by atoms with Crippen molar-refractivity contribution < 1.29 is 13.9 Å². The minimum atomic E-state index is -0.487. The molecule has 2 atom stereocenters. The molecule has 2 bridgehead atoms. The van der Waals surface area contributed by atoms with E-state index in [2.05, 4.69) is 26.7 Å². The van der Waals surface area contributed by atoms with Crippen molar-refractivity contribution in [1.29, 1.82) is 0 Å². The summed E-state index contributed by atoms with van der Waals surface area (Å²) < 4.78 is 19.2. The molecule has 5 nitrogen and oxygen atoms in total. The monoisotopic (exact) mass is 361 g/mol. The average molecular weight is 361 g/mol. The second-order valence-corrected chi connectivity index (χ2v) is 7.51. The van der Waals surface area contributed by atoms with Gasteiger partial charge in [-0.1, -0.05) is 0 Å². The van der Waals surface area contributed by atoms with E-state index in [1.165, 1.54) is 17.8 Å². The summed E-state index contributed by atoms with van der Waals surface area (Å²) in [6.07, 6.45) is 2.55. The van der Waals surface area contributed by atoms with Crippen LogP contribution in [0.5, 0.6) is 0 Å². The Kier molecular flexibility index (Phi) is 4.78. The first-order valence-corrected chi connectivity index (χ1v) is 9.36. The molecule has 2 saturated heterocycles. The number of nitrogens with zero attached hydrogens (tertiary/aromatic N) is 3. The third kappa shape index (κ3) is 3.73. The van der Waals surface area contributed by atoms with Gasteiger partial charge >= 0.3 is 0 Å². The van der Waals surface area contributed by atoms with E-state index in [0.29, 0.717) is 25.3 Å². The van der Waals surface area contributed by atoms with Gasteiger partial charge in [0.2, 0.25) is 0 Å². The van der Waals surface area contributed by atoms with Crippen molar-refractivity contribution in [2.75, 3.05) is 32.8 Å². The molecule has 0 saturated carbocycles. The van der Waals surface area contributed by atoms with Crippen LogP contribution in [0.4, 0.5) is 4.39 Å². The summed E-state index contributed by atoms with van der Waals surface area (Å²) in [6.45, 7) is 4.37. The Morgan fingerprint density at radius 1 is 1.32 bits per heavy atom. The van der Waals surface area contributed by atoms with E-state index >= 15 is 0 Å². The molecule has 4 rings (SSSR count). The molecule has 0 aliphatic carbocycles. The number of hydrogen-bond acceptors (Lipinski definition) is 5. The van der Waals surface area contributed by atoms with Gasteiger partial charge in [-0.05, 0) is 28.5 Å². The number of halogens is 1. The highest BCUT2D eigenvalue weighted by molar-refractivity contribution is 7.07. The number of thiophene rings is 1. The molecule has 0 aromatic carbocycles. The smallest absolute Gasteiger partial charge is 0.255 e. The molecule has 1 amide bonds. The van der Waals surface area contributed by atoms with Crippen LogP contribution in [0.1, 0.15) is 15.9 Å². The molecule has 25 heavy (non-hydrogen) atoms. The van der Waals surface area contributed by atoms with Gasteiger partial charge in [0.05, 0.1) is 31.0 Å². The van der Waals surface area contributed by atoms with Crippen molar-refractivity contribution in [1.82, 2.24) is 14.8 Å². The van der Waals surface area contributed by atoms with Crippen molar-refractivity contribution in [3.63, 3.8) is 0 Å². The number of amides is 1. The van der Waals surface area contributed by atoms with Gasteiger partial charge in [0.1, 0.15) is 5.82 Å². The number of carbonyl (C=O) groups excluding carboxylic acids is 1. The summed E-state index contributed by atoms with van der Waals surface area (Å²) in [7, 11) is 0. The van der Waals surface area contributed by atoms with Gasteiger partial charge in [0, 0.05) is 38.3 Å². The van der Waals surface area contributed by atoms with Gasteiger partial charge in [0.25, 0.3) is 5.91 Å². The lowest BCUT2D eigenvalue weighted by molar-refractivity contribution is 0.0424. The maximum atomic E-state index is 13.5. The van der Waals surface area contributed by atoms with Gasteiger partial charge in [0.15, 0.2) is 0 Å². The van der Waals surface area contributed by atoms with Crippen molar-refractivity contribution >= 4 is 17.2 Å². The number of pyridine rings is 1. The summed E-state index contributed by atoms with van der Waals surface area (Å²) in [5.41, 5.74) is 1.61. The number of aromatic nitrogens is 1. The van der Waals surface area contributed by atoms with E-state index in [1.807, 2.05) is 4.90 Å². The van der Waals surface area contributed by atoms with E-state index in [0.717, 1.165) is 25.8 Å². The number of carbonyl (C=O) groups is 1. The summed E-state index contributed by atoms with van der Waals surface area (Å²) in [5, 5.41) is 4.25. The van der Waals surface area contributed by atoms with E-state index < -0.39 is 5.82 Å². The average Bonchev–Trinajstić information content (AvgIpc) is 2.93. The maximum absolute atomic E-state index is 13.5. The second kappa shape index (κ2) is 7.19. The number of rotatable bonds is 3. The summed E-state index contributed by atoms with van der Waals surface area (Å²) in [4.78, 5) is 21.0. The van der Waals surface area contributed by atoms with Crippen LogP contribution >= 0.6 is 11.3 Å². The lowest BCUT2D eigenvalue weighted by atomic mass is 10.1. The van der Waals surface area contributed by atoms with Crippen LogP contribution in [-0.4, -0.2) is 59.6 Å². The predicted molar refractivity (Wildman–Crippen MR) is 92.9 cm³/mol. The normalized spacial score (nSPS) is 24.1. The van der Waals surface area contributed by atoms with Crippen molar-refractivity contribution in [3.8, 4) is 0 Å². The SMILES string of the molecule is O=C(c1cncc(F)c1)N1C[C@H]2COC[C@@H]1CN(Cc1ccsc1)C2. The van der Waals surface area contributed by atoms with Crippen LogP contribution in [0.2, 0.25) is 0 Å². The van der Waals surface area contributed by atoms with Crippen molar-refractivity contribution in [2.24, 2.45) is 5.92 Å². The second-order valence-electron chi connectivity index (χ2n) is 6.73. The van der Waals surface area contributed by atoms with Crippen molar-refractivity contribution in [3.05, 3.63) is 52.2 Å². The molecule has 0 radical (unpaired) electrons. The standard InChI is InChI=1S/C18H20FN3O2S/c19-16-3-15(4-20-5-16)18(23)22-8-14-7-21(6-13-1-2-25-12-13)9-17(22)11-24-10-14/h1-5,12,14,17H,6-11H2/t14-,17-/m0/s1. The highest BCUT2D eigenvalue weighted by atomic mass is 32.1. The molecule has 2 aliphatic rings. The zero-order valence-electron chi connectivity index (χ0n) is 13.8. The molecule has 2 aromatic heterocycles. The summed E-state index contributed by atoms with van der Waals surface area (Å²) >= 11 is 1.70. The van der Waals surface area contributed by atoms with Crippen LogP contribution in [-0.2, 0) is 11.3 Å². The zero-order chi connectivity index (χ0) is 17.2. The first-order valence-electron chi connectivity index (χ1n) is 8.42. The van der Waals surface area contributed by atoms with Gasteiger partial charge in [-0.2, -0.15) is 11.3 Å². The lowest BCUT2D eigenvalue weighted by Crippen LogP contribution is -2.46. The largest absolute Gasteiger partial charge is 0.379 e. The van der Waals surface area contributed by atoms with E-state index in [4.69, 9.17) is 4.74 Å². The Bertz CT molecular complexity index is 740. The van der Waals surface area contributed by atoms with Crippen molar-refractivity contribution in [2.45, 2.75) is 12.6 Å². The van der Waals surface area contributed by atoms with Gasteiger partial charge in [-0.15, -0.1) is 0 Å². The lowest BCUT2D eigenvalue weighted by Gasteiger charge is -2.31. The predicted octanol–water partition coefficient (Wildman–Crippen LogP) is 2.26. The number of ether oxygens (including phenoxy) is 1. The Balaban J connectivity index is 1.54. The molecule has 0 N–H and O–H groups in total. The highest BCUT2D eigenvalue weighted by Crippen LogP contribution is 2.23. The maximum Gasteiger partial charge on any atom is 0.255 e. The minimum absolute atomic E-state index is 0.0260. The molecule has 2 aliphatic heterocycles. The molecular formula is C18H20FN3O2S. The molecule has 4 heterocycles. The Labute approximate surface area is 150 Å². The Morgan fingerprint density at radius 2 is 2.24 bits per heavy atom. The van der Waals surface area contributed by atoms with Crippen LogP contribution in [0.3, 0.4) is 0 Å². The third-order valence-electron chi connectivity index (χ3n) is 4.74. The molecule has 2 fully saturated rings. The highest BCUT2D eigenvalue weighted by Gasteiger charge is 2.36. The third-order valence-corrected chi connectivity index (χ3v) is 5.48. The van der Waals surface area contributed by atoms with Crippen LogP contribution in [0.15, 0.2) is 35.3 Å². The summed E-state index contributed by atoms with van der Waals surface area (Å²) in [5.74, 6) is -0.388. The van der Waals surface area contributed by atoms with Gasteiger partial charge in [-0.3, -0.25) is 14.7 Å². The molecule has 2 aromatic rings. The first-order chi connectivity index (χ1) is 12.2. The molecule has 0 spiro atoms. The fourth-order valence-electron chi connectivity index (χ4n) is 3.65. The number of fused-ring (bicyclic) bond motifs is 3. The zero-order valence-corrected chi connectivity index (χ0v) is 14.6. The quantitative estimate of drug-likeness (QED) is 0.841. The first kappa shape index (κ1) is 16.6. The van der Waals surface area contributed by atoms with Gasteiger partial charge < -0.3 is 9.64 Å². The molecular weight excluding hydrogens is 341 g/mol. The fourth-order valence-corrected chi connectivity index (χ4v) is 4.31. The Morgan fingerprint density at radius 3 is 3.04 bits per heavy atom. The van der Waals surface area contributed by atoms with Crippen LogP contribution in [0.25, 0.3) is 0 Å². The topological polar surface area (TPSA) is 45.7 Å². The molecule has 0 unspecified atom stereocenters.